The molecule has 1 saturated heterocycles. The van der Waals surface area contributed by atoms with Crippen LogP contribution in [-0.4, -0.2) is 32.8 Å². The lowest BCUT2D eigenvalue weighted by Gasteiger charge is -2.35. The number of benzene rings is 1. The van der Waals surface area contributed by atoms with Crippen LogP contribution in [0.15, 0.2) is 34.0 Å². The number of nitrogens with one attached hydrogen (secondary N) is 2. The van der Waals surface area contributed by atoms with Gasteiger partial charge in [0.05, 0.1) is 19.5 Å². The minimum atomic E-state index is -4.23. The van der Waals surface area contributed by atoms with Gasteiger partial charge in [-0.3, -0.25) is 0 Å². The maximum atomic E-state index is 12.7. The van der Waals surface area contributed by atoms with Crippen LogP contribution in [0.4, 0.5) is 10.5 Å². The van der Waals surface area contributed by atoms with E-state index in [0.29, 0.717) is 17.4 Å². The van der Waals surface area contributed by atoms with Crippen LogP contribution in [0.3, 0.4) is 0 Å². The number of aliphatic hydroxyl groups is 1. The number of rotatable bonds is 6. The number of hydrogen-bond acceptors (Lipinski definition) is 6. The standard InChI is InChI=1S/C22H26N2O6S/c1-13(14-5-6-14)17-8-7-15-3-2-4-18(15)20(17)23-21(25)24-31(27,28)19-9-16(10-30-19)22(26)11-29-12-22/h7-10,13-14,26H,2-6,11-12H2,1H3,(H2,23,24,25)/t13-/m1/s1. The van der Waals surface area contributed by atoms with Crippen molar-refractivity contribution in [1.29, 1.82) is 0 Å². The second kappa shape index (κ2) is 7.36. The van der Waals surface area contributed by atoms with Crippen LogP contribution in [0.5, 0.6) is 0 Å². The second-order valence-corrected chi connectivity index (χ2v) is 10.5. The minimum Gasteiger partial charge on any atom is -0.451 e. The van der Waals surface area contributed by atoms with E-state index >= 15 is 0 Å². The first kappa shape index (κ1) is 20.5. The molecule has 3 N–H and O–H groups in total. The number of urea groups is 1. The molecule has 2 aliphatic carbocycles. The topological polar surface area (TPSA) is 118 Å². The lowest BCUT2D eigenvalue weighted by Crippen LogP contribution is -2.46. The predicted octanol–water partition coefficient (Wildman–Crippen LogP) is 3.01. The number of carbonyl (C=O) groups excluding carboxylic acids is 1. The van der Waals surface area contributed by atoms with E-state index in [4.69, 9.17) is 9.15 Å². The Hall–Kier alpha value is -2.36. The average molecular weight is 447 g/mol. The molecule has 1 saturated carbocycles. The van der Waals surface area contributed by atoms with Crippen molar-refractivity contribution in [1.82, 2.24) is 4.72 Å². The van der Waals surface area contributed by atoms with E-state index in [1.165, 1.54) is 30.7 Å². The molecule has 1 aromatic carbocycles. The van der Waals surface area contributed by atoms with Gasteiger partial charge in [-0.15, -0.1) is 0 Å². The SMILES string of the molecule is C[C@@H](c1ccc2c(c1NC(=O)NS(=O)(=O)c1cc(C3(O)COC3)co1)CCC2)C1CC1. The normalized spacial score (nSPS) is 20.6. The molecule has 1 aliphatic heterocycles. The highest BCUT2D eigenvalue weighted by atomic mass is 32.2. The Balaban J connectivity index is 1.36. The molecule has 2 aromatic rings. The van der Waals surface area contributed by atoms with E-state index in [9.17, 15) is 18.3 Å². The summed E-state index contributed by atoms with van der Waals surface area (Å²) in [5.74, 6) is 0.908. The molecule has 1 atom stereocenters. The highest BCUT2D eigenvalue weighted by molar-refractivity contribution is 7.89. The van der Waals surface area contributed by atoms with Crippen molar-refractivity contribution < 1.29 is 27.5 Å². The van der Waals surface area contributed by atoms with Crippen molar-refractivity contribution in [2.24, 2.45) is 5.92 Å². The van der Waals surface area contributed by atoms with Gasteiger partial charge in [0.2, 0.25) is 5.09 Å². The Bertz CT molecular complexity index is 1130. The molecule has 3 aliphatic rings. The fourth-order valence-electron chi connectivity index (χ4n) is 4.54. The van der Waals surface area contributed by atoms with Crippen molar-refractivity contribution in [3.05, 3.63) is 46.7 Å². The van der Waals surface area contributed by atoms with Crippen molar-refractivity contribution in [2.75, 3.05) is 18.5 Å². The van der Waals surface area contributed by atoms with Crippen LogP contribution in [0.1, 0.15) is 54.4 Å². The summed E-state index contributed by atoms with van der Waals surface area (Å²) < 4.78 is 37.5. The van der Waals surface area contributed by atoms with Crippen LogP contribution in [-0.2, 0) is 33.2 Å². The van der Waals surface area contributed by atoms with E-state index in [1.54, 1.807) is 0 Å². The Morgan fingerprint density at radius 1 is 1.26 bits per heavy atom. The lowest BCUT2D eigenvalue weighted by molar-refractivity contribution is -0.184. The Morgan fingerprint density at radius 3 is 2.71 bits per heavy atom. The number of ether oxygens (including phenoxy) is 1. The van der Waals surface area contributed by atoms with Gasteiger partial charge in [-0.25, -0.2) is 9.52 Å². The summed E-state index contributed by atoms with van der Waals surface area (Å²) in [6.07, 6.45) is 6.38. The molecule has 9 heteroatoms. The molecule has 5 rings (SSSR count). The highest BCUT2D eigenvalue weighted by Gasteiger charge is 2.40. The summed E-state index contributed by atoms with van der Waals surface area (Å²) in [6, 6.07) is 4.60. The largest absolute Gasteiger partial charge is 0.451 e. The molecule has 8 nitrogen and oxygen atoms in total. The van der Waals surface area contributed by atoms with Gasteiger partial charge in [0.25, 0.3) is 10.0 Å². The third-order valence-electron chi connectivity index (χ3n) is 6.66. The van der Waals surface area contributed by atoms with Crippen LogP contribution >= 0.6 is 0 Å². The first-order valence-electron chi connectivity index (χ1n) is 10.6. The van der Waals surface area contributed by atoms with E-state index in [0.717, 1.165) is 36.1 Å². The van der Waals surface area contributed by atoms with Crippen molar-refractivity contribution in [3.8, 4) is 0 Å². The van der Waals surface area contributed by atoms with Gasteiger partial charge in [-0.1, -0.05) is 19.1 Å². The Labute approximate surface area is 181 Å². The predicted molar refractivity (Wildman–Crippen MR) is 112 cm³/mol. The lowest BCUT2D eigenvalue weighted by atomic mass is 9.91. The first-order valence-corrected chi connectivity index (χ1v) is 12.1. The van der Waals surface area contributed by atoms with E-state index in [1.807, 2.05) is 4.72 Å². The number of hydrogen-bond donors (Lipinski definition) is 3. The molecular weight excluding hydrogens is 420 g/mol. The molecule has 2 amide bonds. The smallest absolute Gasteiger partial charge is 0.333 e. The molecule has 0 unspecified atom stereocenters. The molecule has 0 spiro atoms. The molecule has 31 heavy (non-hydrogen) atoms. The van der Waals surface area contributed by atoms with Gasteiger partial charge >= 0.3 is 6.03 Å². The minimum absolute atomic E-state index is 0.0704. The number of fused-ring (bicyclic) bond motifs is 1. The summed E-state index contributed by atoms with van der Waals surface area (Å²) in [7, 11) is -4.23. The summed E-state index contributed by atoms with van der Waals surface area (Å²) >= 11 is 0. The number of carbonyl (C=O) groups is 1. The van der Waals surface area contributed by atoms with E-state index in [-0.39, 0.29) is 13.2 Å². The summed E-state index contributed by atoms with van der Waals surface area (Å²) in [4.78, 5) is 12.7. The maximum absolute atomic E-state index is 12.7. The van der Waals surface area contributed by atoms with Crippen molar-refractivity contribution in [2.45, 2.75) is 55.6 Å². The third kappa shape index (κ3) is 3.75. The van der Waals surface area contributed by atoms with Gasteiger partial charge in [0.1, 0.15) is 5.60 Å². The highest BCUT2D eigenvalue weighted by Crippen LogP contribution is 2.46. The van der Waals surface area contributed by atoms with Crippen molar-refractivity contribution >= 4 is 21.7 Å². The maximum Gasteiger partial charge on any atom is 0.333 e. The average Bonchev–Trinajstić information content (AvgIpc) is 3.22. The third-order valence-corrected chi connectivity index (χ3v) is 7.86. The van der Waals surface area contributed by atoms with Crippen LogP contribution < -0.4 is 10.0 Å². The zero-order valence-electron chi connectivity index (χ0n) is 17.3. The van der Waals surface area contributed by atoms with E-state index in [2.05, 4.69) is 24.4 Å². The molecule has 0 bridgehead atoms. The molecule has 1 aromatic heterocycles. The number of amides is 2. The monoisotopic (exact) mass is 446 g/mol. The van der Waals surface area contributed by atoms with E-state index < -0.39 is 26.7 Å². The summed E-state index contributed by atoms with van der Waals surface area (Å²) in [6.45, 7) is 2.30. The van der Waals surface area contributed by atoms with Crippen LogP contribution in [0, 0.1) is 5.92 Å². The molecular formula is C22H26N2O6S. The zero-order valence-corrected chi connectivity index (χ0v) is 18.1. The Kier molecular flexibility index (Phi) is 4.87. The van der Waals surface area contributed by atoms with Gasteiger partial charge in [-0.2, -0.15) is 8.42 Å². The Morgan fingerprint density at radius 2 is 2.03 bits per heavy atom. The molecule has 166 valence electrons. The fraction of sp³-hybridized carbons (Fsp3) is 0.500. The van der Waals surface area contributed by atoms with Crippen LogP contribution in [0.2, 0.25) is 0 Å². The van der Waals surface area contributed by atoms with Gasteiger partial charge in [-0.05, 0) is 60.6 Å². The number of aryl methyl sites for hydroxylation is 1. The fourth-order valence-corrected chi connectivity index (χ4v) is 5.39. The number of sulfonamides is 1. The molecule has 2 heterocycles. The second-order valence-electron chi connectivity index (χ2n) is 8.89. The zero-order chi connectivity index (χ0) is 21.8. The number of anilines is 1. The van der Waals surface area contributed by atoms with Crippen molar-refractivity contribution in [3.63, 3.8) is 0 Å². The van der Waals surface area contributed by atoms with Gasteiger partial charge < -0.3 is 19.6 Å². The summed E-state index contributed by atoms with van der Waals surface area (Å²) in [5, 5.41) is 12.7. The van der Waals surface area contributed by atoms with Gasteiger partial charge in [0.15, 0.2) is 0 Å². The quantitative estimate of drug-likeness (QED) is 0.628. The summed E-state index contributed by atoms with van der Waals surface area (Å²) in [5.41, 5.74) is 3.16. The molecule has 0 radical (unpaired) electrons. The number of furan rings is 1. The first-order chi connectivity index (χ1) is 14.8. The van der Waals surface area contributed by atoms with Crippen LogP contribution in [0.25, 0.3) is 0 Å². The molecule has 2 fully saturated rings. The van der Waals surface area contributed by atoms with Gasteiger partial charge in [0, 0.05) is 17.3 Å².